The number of hydrogen-bond donors (Lipinski definition) is 1. The molecule has 0 aromatic heterocycles. The Morgan fingerprint density at radius 1 is 1.10 bits per heavy atom. The molecule has 0 aliphatic carbocycles. The monoisotopic (exact) mass is 283 g/mol. The van der Waals surface area contributed by atoms with Gasteiger partial charge < -0.3 is 15.1 Å². The van der Waals surface area contributed by atoms with E-state index in [9.17, 15) is 4.79 Å². The van der Waals surface area contributed by atoms with Gasteiger partial charge in [0.2, 0.25) is 5.91 Å². The Balaban J connectivity index is 1.63. The number of amides is 1. The molecule has 6 nitrogen and oxygen atoms in total. The second kappa shape index (κ2) is 7.93. The first-order valence-corrected chi connectivity index (χ1v) is 7.73. The number of likely N-dealkylation sites (N-methyl/N-ethyl adjacent to an activating group) is 2. The molecule has 2 heterocycles. The lowest BCUT2D eigenvalue weighted by Crippen LogP contribution is -2.50. The SMILES string of the molecule is CN1CCN(C(=O)CN(C)CCN2CCNCC2)CC1. The molecule has 2 rings (SSSR count). The molecule has 0 aromatic carbocycles. The Morgan fingerprint density at radius 2 is 1.75 bits per heavy atom. The predicted octanol–water partition coefficient (Wildman–Crippen LogP) is -1.40. The van der Waals surface area contributed by atoms with Crippen molar-refractivity contribution >= 4 is 5.91 Å². The minimum Gasteiger partial charge on any atom is -0.339 e. The van der Waals surface area contributed by atoms with Crippen LogP contribution in [0.15, 0.2) is 0 Å². The van der Waals surface area contributed by atoms with Crippen LogP contribution in [0.5, 0.6) is 0 Å². The predicted molar refractivity (Wildman–Crippen MR) is 80.9 cm³/mol. The smallest absolute Gasteiger partial charge is 0.236 e. The van der Waals surface area contributed by atoms with Gasteiger partial charge in [0.05, 0.1) is 6.54 Å². The quantitative estimate of drug-likeness (QED) is 0.672. The van der Waals surface area contributed by atoms with Crippen LogP contribution in [0.1, 0.15) is 0 Å². The fourth-order valence-electron chi connectivity index (χ4n) is 2.71. The van der Waals surface area contributed by atoms with Gasteiger partial charge in [-0.2, -0.15) is 0 Å². The van der Waals surface area contributed by atoms with E-state index in [-0.39, 0.29) is 5.91 Å². The van der Waals surface area contributed by atoms with E-state index in [0.717, 1.165) is 65.4 Å². The van der Waals surface area contributed by atoms with E-state index in [2.05, 4.69) is 34.1 Å². The standard InChI is InChI=1S/C14H29N5O/c1-16-8-11-19(12-9-16)14(20)13-17(2)7-10-18-5-3-15-4-6-18/h15H,3-13H2,1-2H3. The van der Waals surface area contributed by atoms with Crippen molar-refractivity contribution in [2.75, 3.05) is 86.1 Å². The molecular weight excluding hydrogens is 254 g/mol. The molecule has 2 fully saturated rings. The first kappa shape index (κ1) is 15.7. The van der Waals surface area contributed by atoms with E-state index < -0.39 is 0 Å². The molecule has 0 atom stereocenters. The highest BCUT2D eigenvalue weighted by molar-refractivity contribution is 5.78. The topological polar surface area (TPSA) is 42.1 Å². The van der Waals surface area contributed by atoms with Gasteiger partial charge in [-0.15, -0.1) is 0 Å². The number of piperazine rings is 2. The summed E-state index contributed by atoms with van der Waals surface area (Å²) in [5, 5.41) is 3.36. The van der Waals surface area contributed by atoms with Gasteiger partial charge in [0.1, 0.15) is 0 Å². The van der Waals surface area contributed by atoms with Gasteiger partial charge in [0, 0.05) is 65.4 Å². The molecule has 0 radical (unpaired) electrons. The van der Waals surface area contributed by atoms with Crippen LogP contribution in [0, 0.1) is 0 Å². The fraction of sp³-hybridized carbons (Fsp3) is 0.929. The summed E-state index contributed by atoms with van der Waals surface area (Å²) >= 11 is 0. The van der Waals surface area contributed by atoms with Crippen LogP contribution in [0.3, 0.4) is 0 Å². The number of carbonyl (C=O) groups excluding carboxylic acids is 1. The van der Waals surface area contributed by atoms with Crippen LogP contribution in [0.25, 0.3) is 0 Å². The van der Waals surface area contributed by atoms with Crippen LogP contribution in [-0.2, 0) is 4.79 Å². The number of hydrogen-bond acceptors (Lipinski definition) is 5. The first-order valence-electron chi connectivity index (χ1n) is 7.73. The molecule has 0 unspecified atom stereocenters. The maximum Gasteiger partial charge on any atom is 0.236 e. The van der Waals surface area contributed by atoms with Crippen molar-refractivity contribution in [2.45, 2.75) is 0 Å². The Morgan fingerprint density at radius 3 is 2.40 bits per heavy atom. The molecule has 0 saturated carbocycles. The average molecular weight is 283 g/mol. The lowest BCUT2D eigenvalue weighted by atomic mass is 10.3. The number of carbonyl (C=O) groups is 1. The van der Waals surface area contributed by atoms with Crippen LogP contribution in [0.2, 0.25) is 0 Å². The molecule has 116 valence electrons. The average Bonchev–Trinajstić information content (AvgIpc) is 2.47. The van der Waals surface area contributed by atoms with Crippen molar-refractivity contribution in [3.05, 3.63) is 0 Å². The lowest BCUT2D eigenvalue weighted by Gasteiger charge is -2.34. The van der Waals surface area contributed by atoms with Crippen molar-refractivity contribution in [1.29, 1.82) is 0 Å². The molecule has 1 N–H and O–H groups in total. The van der Waals surface area contributed by atoms with Crippen molar-refractivity contribution in [2.24, 2.45) is 0 Å². The Bertz CT molecular complexity index is 298. The van der Waals surface area contributed by atoms with Crippen molar-refractivity contribution in [1.82, 2.24) is 24.9 Å². The van der Waals surface area contributed by atoms with Crippen LogP contribution < -0.4 is 5.32 Å². The highest BCUT2D eigenvalue weighted by Crippen LogP contribution is 2.01. The zero-order chi connectivity index (χ0) is 14.4. The van der Waals surface area contributed by atoms with Gasteiger partial charge in [0.15, 0.2) is 0 Å². The minimum absolute atomic E-state index is 0.279. The molecule has 20 heavy (non-hydrogen) atoms. The fourth-order valence-corrected chi connectivity index (χ4v) is 2.71. The van der Waals surface area contributed by atoms with Crippen molar-refractivity contribution in [3.63, 3.8) is 0 Å². The summed E-state index contributed by atoms with van der Waals surface area (Å²) in [5.41, 5.74) is 0. The molecule has 2 aliphatic heterocycles. The first-order chi connectivity index (χ1) is 9.65. The zero-order valence-corrected chi connectivity index (χ0v) is 13.0. The van der Waals surface area contributed by atoms with E-state index in [1.54, 1.807) is 0 Å². The van der Waals surface area contributed by atoms with Crippen molar-refractivity contribution in [3.8, 4) is 0 Å². The Labute approximate surface area is 122 Å². The van der Waals surface area contributed by atoms with Gasteiger partial charge in [-0.3, -0.25) is 14.6 Å². The van der Waals surface area contributed by atoms with Crippen molar-refractivity contribution < 1.29 is 4.79 Å². The molecule has 6 heteroatoms. The van der Waals surface area contributed by atoms with Crippen LogP contribution in [0.4, 0.5) is 0 Å². The number of nitrogens with one attached hydrogen (secondary N) is 1. The summed E-state index contributed by atoms with van der Waals surface area (Å²) in [6.45, 7) is 10.8. The van der Waals surface area contributed by atoms with E-state index in [4.69, 9.17) is 0 Å². The van der Waals surface area contributed by atoms with E-state index in [1.165, 1.54) is 0 Å². The number of nitrogens with zero attached hydrogens (tertiary/aromatic N) is 4. The van der Waals surface area contributed by atoms with Gasteiger partial charge in [-0.1, -0.05) is 0 Å². The Hall–Kier alpha value is -0.690. The van der Waals surface area contributed by atoms with E-state index in [0.29, 0.717) is 6.54 Å². The van der Waals surface area contributed by atoms with E-state index in [1.807, 2.05) is 4.90 Å². The normalized spacial score (nSPS) is 22.4. The number of rotatable bonds is 5. The summed E-state index contributed by atoms with van der Waals surface area (Å²) in [5.74, 6) is 0.279. The highest BCUT2D eigenvalue weighted by atomic mass is 16.2. The maximum atomic E-state index is 12.2. The van der Waals surface area contributed by atoms with Crippen LogP contribution in [-0.4, -0.2) is 112 Å². The molecule has 2 saturated heterocycles. The van der Waals surface area contributed by atoms with Crippen LogP contribution >= 0.6 is 0 Å². The molecule has 0 spiro atoms. The van der Waals surface area contributed by atoms with Gasteiger partial charge >= 0.3 is 0 Å². The van der Waals surface area contributed by atoms with Gasteiger partial charge in [-0.05, 0) is 14.1 Å². The van der Waals surface area contributed by atoms with E-state index >= 15 is 0 Å². The lowest BCUT2D eigenvalue weighted by molar-refractivity contribution is -0.133. The summed E-state index contributed by atoms with van der Waals surface area (Å²) < 4.78 is 0. The van der Waals surface area contributed by atoms with Gasteiger partial charge in [0.25, 0.3) is 0 Å². The van der Waals surface area contributed by atoms with Gasteiger partial charge in [-0.25, -0.2) is 0 Å². The molecular formula is C14H29N5O. The second-order valence-electron chi connectivity index (χ2n) is 6.01. The zero-order valence-electron chi connectivity index (χ0n) is 13.0. The summed E-state index contributed by atoms with van der Waals surface area (Å²) in [6, 6.07) is 0. The summed E-state index contributed by atoms with van der Waals surface area (Å²) in [6.07, 6.45) is 0. The molecule has 0 bridgehead atoms. The minimum atomic E-state index is 0.279. The highest BCUT2D eigenvalue weighted by Gasteiger charge is 2.20. The summed E-state index contributed by atoms with van der Waals surface area (Å²) in [4.78, 5) is 21.1. The largest absolute Gasteiger partial charge is 0.339 e. The Kier molecular flexibility index (Phi) is 6.22. The molecule has 1 amide bonds. The third kappa shape index (κ3) is 5.01. The third-order valence-corrected chi connectivity index (χ3v) is 4.27. The second-order valence-corrected chi connectivity index (χ2v) is 6.01. The molecule has 2 aliphatic rings. The molecule has 0 aromatic rings. The maximum absolute atomic E-state index is 12.2. The summed E-state index contributed by atoms with van der Waals surface area (Å²) in [7, 11) is 4.16. The third-order valence-electron chi connectivity index (χ3n) is 4.27.